The van der Waals surface area contributed by atoms with Gasteiger partial charge in [-0.3, -0.25) is 9.69 Å². The van der Waals surface area contributed by atoms with E-state index in [-0.39, 0.29) is 11.9 Å². The van der Waals surface area contributed by atoms with Crippen LogP contribution in [-0.2, 0) is 9.53 Å². The summed E-state index contributed by atoms with van der Waals surface area (Å²) in [5.74, 6) is 0.0408. The lowest BCUT2D eigenvalue weighted by molar-refractivity contribution is -0.120. The van der Waals surface area contributed by atoms with Gasteiger partial charge in [0.1, 0.15) is 0 Å². The molecule has 1 atom stereocenters. The summed E-state index contributed by atoms with van der Waals surface area (Å²) in [5.41, 5.74) is 0. The Balaban J connectivity index is 2.01. The lowest BCUT2D eigenvalue weighted by Gasteiger charge is -2.34. The molecule has 1 aliphatic heterocycles. The van der Waals surface area contributed by atoms with Crippen LogP contribution >= 0.6 is 11.3 Å². The first-order valence-corrected chi connectivity index (χ1v) is 7.82. The van der Waals surface area contributed by atoms with Crippen molar-refractivity contribution in [1.29, 1.82) is 0 Å². The Kier molecular flexibility index (Phi) is 5.97. The molecule has 0 spiro atoms. The van der Waals surface area contributed by atoms with Crippen molar-refractivity contribution in [2.75, 3.05) is 46.4 Å². The highest BCUT2D eigenvalue weighted by Crippen LogP contribution is 2.27. The Morgan fingerprint density at radius 2 is 2.20 bits per heavy atom. The van der Waals surface area contributed by atoms with E-state index in [1.165, 1.54) is 9.75 Å². The Morgan fingerprint density at radius 3 is 2.80 bits per heavy atom. The van der Waals surface area contributed by atoms with Gasteiger partial charge in [-0.1, -0.05) is 0 Å². The van der Waals surface area contributed by atoms with Crippen molar-refractivity contribution in [2.24, 2.45) is 0 Å². The molecule has 0 aromatic carbocycles. The molecule has 0 bridgehead atoms. The van der Waals surface area contributed by atoms with E-state index in [1.807, 2.05) is 0 Å². The van der Waals surface area contributed by atoms with Crippen molar-refractivity contribution in [2.45, 2.75) is 13.0 Å². The maximum absolute atomic E-state index is 11.7. The van der Waals surface area contributed by atoms with Crippen LogP contribution in [0.2, 0.25) is 0 Å². The van der Waals surface area contributed by atoms with Gasteiger partial charge in [0.15, 0.2) is 0 Å². The van der Waals surface area contributed by atoms with Gasteiger partial charge in [-0.2, -0.15) is 0 Å². The number of hydrogen-bond donors (Lipinski definition) is 2. The van der Waals surface area contributed by atoms with E-state index in [0.717, 1.165) is 26.3 Å². The highest BCUT2D eigenvalue weighted by atomic mass is 32.1. The summed E-state index contributed by atoms with van der Waals surface area (Å²) in [6, 6.07) is 4.56. The van der Waals surface area contributed by atoms with Crippen LogP contribution in [0.25, 0.3) is 0 Å². The van der Waals surface area contributed by atoms with Gasteiger partial charge in [0.2, 0.25) is 5.91 Å². The zero-order chi connectivity index (χ0) is 14.4. The zero-order valence-electron chi connectivity index (χ0n) is 12.1. The van der Waals surface area contributed by atoms with E-state index in [2.05, 4.69) is 34.6 Å². The fourth-order valence-corrected chi connectivity index (χ4v) is 3.38. The summed E-state index contributed by atoms with van der Waals surface area (Å²) in [4.78, 5) is 16.7. The van der Waals surface area contributed by atoms with Crippen molar-refractivity contribution in [1.82, 2.24) is 15.5 Å². The summed E-state index contributed by atoms with van der Waals surface area (Å²) in [7, 11) is 1.78. The minimum Gasteiger partial charge on any atom is -0.379 e. The van der Waals surface area contributed by atoms with Gasteiger partial charge in [-0.05, 0) is 26.1 Å². The molecule has 0 radical (unpaired) electrons. The monoisotopic (exact) mass is 297 g/mol. The van der Waals surface area contributed by atoms with E-state index >= 15 is 0 Å². The molecule has 5 nitrogen and oxygen atoms in total. The molecule has 1 aromatic rings. The van der Waals surface area contributed by atoms with Crippen LogP contribution in [0.15, 0.2) is 12.1 Å². The van der Waals surface area contributed by atoms with Gasteiger partial charge in [0.25, 0.3) is 0 Å². The van der Waals surface area contributed by atoms with Crippen LogP contribution in [0.5, 0.6) is 0 Å². The molecule has 1 aromatic heterocycles. The summed E-state index contributed by atoms with van der Waals surface area (Å²) in [5, 5.41) is 5.88. The number of carbonyl (C=O) groups excluding carboxylic acids is 1. The summed E-state index contributed by atoms with van der Waals surface area (Å²) in [6.07, 6.45) is 0. The number of hydrogen-bond acceptors (Lipinski definition) is 5. The number of nitrogens with zero attached hydrogens (tertiary/aromatic N) is 1. The molecule has 6 heteroatoms. The number of rotatable bonds is 6. The highest BCUT2D eigenvalue weighted by Gasteiger charge is 2.24. The fraction of sp³-hybridized carbons (Fsp3) is 0.643. The summed E-state index contributed by atoms with van der Waals surface area (Å²) >= 11 is 1.81. The van der Waals surface area contributed by atoms with E-state index in [1.54, 1.807) is 18.4 Å². The van der Waals surface area contributed by atoms with Gasteiger partial charge in [-0.25, -0.2) is 0 Å². The molecule has 1 unspecified atom stereocenters. The molecular formula is C14H23N3O2S. The van der Waals surface area contributed by atoms with E-state index in [9.17, 15) is 4.79 Å². The average molecular weight is 297 g/mol. The van der Waals surface area contributed by atoms with Gasteiger partial charge in [-0.15, -0.1) is 11.3 Å². The van der Waals surface area contributed by atoms with Gasteiger partial charge in [0, 0.05) is 29.4 Å². The molecular weight excluding hydrogens is 274 g/mol. The second-order valence-electron chi connectivity index (χ2n) is 4.95. The summed E-state index contributed by atoms with van der Waals surface area (Å²) < 4.78 is 5.42. The van der Waals surface area contributed by atoms with Gasteiger partial charge < -0.3 is 15.4 Å². The van der Waals surface area contributed by atoms with Crippen molar-refractivity contribution >= 4 is 17.2 Å². The van der Waals surface area contributed by atoms with E-state index in [0.29, 0.717) is 13.1 Å². The molecule has 1 saturated heterocycles. The number of likely N-dealkylation sites (N-methyl/N-ethyl adjacent to an activating group) is 1. The van der Waals surface area contributed by atoms with E-state index < -0.39 is 0 Å². The number of morpholine rings is 1. The van der Waals surface area contributed by atoms with Crippen LogP contribution in [0.4, 0.5) is 0 Å². The Bertz CT molecular complexity index is 430. The first-order valence-electron chi connectivity index (χ1n) is 7.00. The molecule has 2 N–H and O–H groups in total. The second-order valence-corrected chi connectivity index (χ2v) is 6.27. The third-order valence-electron chi connectivity index (χ3n) is 3.41. The molecule has 1 amide bonds. The molecule has 2 heterocycles. The standard InChI is InChI=1S/C14H23N3O2S/c1-11-3-4-13(20-11)12(9-16-14(18)10-15-2)17-5-7-19-8-6-17/h3-4,12,15H,5-10H2,1-2H3,(H,16,18). The topological polar surface area (TPSA) is 53.6 Å². The first-order chi connectivity index (χ1) is 9.70. The normalized spacial score (nSPS) is 17.9. The number of aryl methyl sites for hydroxylation is 1. The highest BCUT2D eigenvalue weighted by molar-refractivity contribution is 7.12. The predicted molar refractivity (Wildman–Crippen MR) is 81.1 cm³/mol. The Morgan fingerprint density at radius 1 is 1.45 bits per heavy atom. The minimum atomic E-state index is 0.0408. The van der Waals surface area contributed by atoms with Crippen molar-refractivity contribution in [3.63, 3.8) is 0 Å². The molecule has 1 aliphatic rings. The van der Waals surface area contributed by atoms with Crippen LogP contribution < -0.4 is 10.6 Å². The van der Waals surface area contributed by atoms with Crippen LogP contribution in [0.3, 0.4) is 0 Å². The Hall–Kier alpha value is -0.950. The smallest absolute Gasteiger partial charge is 0.234 e. The van der Waals surface area contributed by atoms with Gasteiger partial charge in [0.05, 0.1) is 25.8 Å². The second kappa shape index (κ2) is 7.73. The third-order valence-corrected chi connectivity index (χ3v) is 4.51. The quantitative estimate of drug-likeness (QED) is 0.814. The predicted octanol–water partition coefficient (Wildman–Crippen LogP) is 0.765. The lowest BCUT2D eigenvalue weighted by atomic mass is 10.2. The van der Waals surface area contributed by atoms with E-state index in [4.69, 9.17) is 4.74 Å². The third kappa shape index (κ3) is 4.28. The maximum Gasteiger partial charge on any atom is 0.234 e. The molecule has 0 saturated carbocycles. The van der Waals surface area contributed by atoms with Crippen molar-refractivity contribution < 1.29 is 9.53 Å². The number of carbonyl (C=O) groups is 1. The number of nitrogens with one attached hydrogen (secondary N) is 2. The lowest BCUT2D eigenvalue weighted by Crippen LogP contribution is -2.44. The van der Waals surface area contributed by atoms with Gasteiger partial charge >= 0.3 is 0 Å². The van der Waals surface area contributed by atoms with Crippen LogP contribution in [0, 0.1) is 6.92 Å². The van der Waals surface area contributed by atoms with Crippen LogP contribution in [0.1, 0.15) is 15.8 Å². The zero-order valence-corrected chi connectivity index (χ0v) is 13.0. The largest absolute Gasteiger partial charge is 0.379 e. The minimum absolute atomic E-state index is 0.0408. The SMILES string of the molecule is CNCC(=O)NCC(c1ccc(C)s1)N1CCOCC1. The molecule has 0 aliphatic carbocycles. The van der Waals surface area contributed by atoms with Crippen molar-refractivity contribution in [3.05, 3.63) is 21.9 Å². The number of amides is 1. The molecule has 20 heavy (non-hydrogen) atoms. The van der Waals surface area contributed by atoms with Crippen molar-refractivity contribution in [3.8, 4) is 0 Å². The molecule has 1 fully saturated rings. The number of ether oxygens (including phenoxy) is 1. The number of thiophene rings is 1. The Labute approximate surface area is 124 Å². The molecule has 112 valence electrons. The maximum atomic E-state index is 11.7. The average Bonchev–Trinajstić information content (AvgIpc) is 2.87. The molecule has 2 rings (SSSR count). The van der Waals surface area contributed by atoms with Crippen LogP contribution in [-0.4, -0.2) is 57.2 Å². The summed E-state index contributed by atoms with van der Waals surface area (Å²) in [6.45, 7) is 6.51. The first kappa shape index (κ1) is 15.4. The fourth-order valence-electron chi connectivity index (χ4n) is 2.36.